The van der Waals surface area contributed by atoms with Crippen LogP contribution in [0.25, 0.3) is 5.78 Å². The van der Waals surface area contributed by atoms with Crippen LogP contribution in [0.4, 0.5) is 0 Å². The largest absolute Gasteiger partial charge is 0.291 e. The molecule has 2 aromatic rings. The second kappa shape index (κ2) is 2.83. The third kappa shape index (κ3) is 1.41. The van der Waals surface area contributed by atoms with Crippen molar-refractivity contribution in [3.8, 4) is 0 Å². The molecule has 68 valence electrons. The summed E-state index contributed by atoms with van der Waals surface area (Å²) in [6.45, 7) is 6.29. The lowest BCUT2D eigenvalue weighted by Crippen LogP contribution is -1.94. The normalized spacial score (nSPS) is 11.4. The van der Waals surface area contributed by atoms with Gasteiger partial charge in [0, 0.05) is 18.6 Å². The van der Waals surface area contributed by atoms with Gasteiger partial charge in [0.2, 0.25) is 5.78 Å². The summed E-state index contributed by atoms with van der Waals surface area (Å²) in [5, 5.41) is 0. The maximum atomic E-state index is 4.28. The van der Waals surface area contributed by atoms with Gasteiger partial charge in [-0.05, 0) is 18.4 Å². The first-order valence-electron chi connectivity index (χ1n) is 4.48. The van der Waals surface area contributed by atoms with E-state index in [2.05, 4.69) is 30.0 Å². The Hall–Kier alpha value is -1.38. The Morgan fingerprint density at radius 1 is 1.31 bits per heavy atom. The summed E-state index contributed by atoms with van der Waals surface area (Å²) >= 11 is 0. The Labute approximate surface area is 77.4 Å². The van der Waals surface area contributed by atoms with E-state index in [1.807, 2.05) is 23.7 Å². The van der Waals surface area contributed by atoms with Gasteiger partial charge >= 0.3 is 0 Å². The molecule has 0 saturated carbocycles. The Morgan fingerprint density at radius 3 is 2.77 bits per heavy atom. The predicted molar refractivity (Wildman–Crippen MR) is 51.8 cm³/mol. The van der Waals surface area contributed by atoms with Gasteiger partial charge in [-0.2, -0.15) is 0 Å². The maximum absolute atomic E-state index is 4.28. The first kappa shape index (κ1) is 8.23. The zero-order valence-electron chi connectivity index (χ0n) is 8.15. The number of aromatic nitrogens is 3. The van der Waals surface area contributed by atoms with Crippen LogP contribution in [0.1, 0.15) is 31.0 Å². The molecular weight excluding hydrogens is 162 g/mol. The highest BCUT2D eigenvalue weighted by Gasteiger charge is 2.02. The molecule has 3 heteroatoms. The monoisotopic (exact) mass is 175 g/mol. The fraction of sp³-hybridized carbons (Fsp3) is 0.400. The average molecular weight is 175 g/mol. The number of nitrogens with zero attached hydrogens (tertiary/aromatic N) is 3. The molecule has 0 aromatic carbocycles. The zero-order valence-corrected chi connectivity index (χ0v) is 8.15. The van der Waals surface area contributed by atoms with Crippen LogP contribution in [-0.2, 0) is 0 Å². The molecule has 0 aliphatic heterocycles. The maximum Gasteiger partial charge on any atom is 0.233 e. The highest BCUT2D eigenvalue weighted by atomic mass is 15.1. The van der Waals surface area contributed by atoms with Gasteiger partial charge in [-0.15, -0.1) is 0 Å². The van der Waals surface area contributed by atoms with Crippen LogP contribution in [0.2, 0.25) is 0 Å². The number of fused-ring (bicyclic) bond motifs is 1. The molecular formula is C10H13N3. The minimum atomic E-state index is 0.514. The second-order valence-electron chi connectivity index (χ2n) is 3.63. The van der Waals surface area contributed by atoms with E-state index in [0.29, 0.717) is 5.92 Å². The van der Waals surface area contributed by atoms with Crippen LogP contribution in [0.15, 0.2) is 18.6 Å². The average Bonchev–Trinajstić information content (AvgIpc) is 2.42. The number of aryl methyl sites for hydroxylation is 1. The Bertz CT molecular complexity index is 429. The van der Waals surface area contributed by atoms with E-state index in [1.165, 1.54) is 5.56 Å². The lowest BCUT2D eigenvalue weighted by molar-refractivity contribution is 0.841. The van der Waals surface area contributed by atoms with Crippen molar-refractivity contribution < 1.29 is 0 Å². The van der Waals surface area contributed by atoms with E-state index in [4.69, 9.17) is 0 Å². The summed E-state index contributed by atoms with van der Waals surface area (Å²) in [7, 11) is 0. The lowest BCUT2D eigenvalue weighted by Gasteiger charge is -2.03. The topological polar surface area (TPSA) is 30.2 Å². The predicted octanol–water partition coefficient (Wildman–Crippen LogP) is 2.16. The highest BCUT2D eigenvalue weighted by molar-refractivity contribution is 5.31. The van der Waals surface area contributed by atoms with Crippen molar-refractivity contribution in [2.24, 2.45) is 0 Å². The van der Waals surface area contributed by atoms with Crippen molar-refractivity contribution in [3.63, 3.8) is 0 Å². The molecule has 2 heterocycles. The van der Waals surface area contributed by atoms with Gasteiger partial charge in [0.05, 0.1) is 5.69 Å². The summed E-state index contributed by atoms with van der Waals surface area (Å²) in [4.78, 5) is 8.54. The summed E-state index contributed by atoms with van der Waals surface area (Å²) in [6, 6.07) is 0. The molecule has 0 aliphatic rings. The van der Waals surface area contributed by atoms with Crippen LogP contribution in [0, 0.1) is 6.92 Å². The van der Waals surface area contributed by atoms with Gasteiger partial charge in [-0.3, -0.25) is 4.40 Å². The highest BCUT2D eigenvalue weighted by Crippen LogP contribution is 2.13. The van der Waals surface area contributed by atoms with Crippen molar-refractivity contribution >= 4 is 5.78 Å². The van der Waals surface area contributed by atoms with Crippen LogP contribution < -0.4 is 0 Å². The Kier molecular flexibility index (Phi) is 1.79. The van der Waals surface area contributed by atoms with Gasteiger partial charge in [0.1, 0.15) is 0 Å². The SMILES string of the molecule is Cc1cn2cc(C(C)C)cnc2n1. The standard InChI is InChI=1S/C10H13N3/c1-7(2)9-4-11-10-12-8(3)5-13(10)6-9/h4-7H,1-3H3. The second-order valence-corrected chi connectivity index (χ2v) is 3.63. The van der Waals surface area contributed by atoms with Gasteiger partial charge in [-0.1, -0.05) is 13.8 Å². The van der Waals surface area contributed by atoms with E-state index >= 15 is 0 Å². The minimum Gasteiger partial charge on any atom is -0.291 e. The molecule has 0 bridgehead atoms. The summed E-state index contributed by atoms with van der Waals surface area (Å²) in [5.74, 6) is 1.29. The Balaban J connectivity index is 2.61. The minimum absolute atomic E-state index is 0.514. The number of imidazole rings is 1. The van der Waals surface area contributed by atoms with Crippen LogP contribution in [-0.4, -0.2) is 14.4 Å². The van der Waals surface area contributed by atoms with E-state index in [9.17, 15) is 0 Å². The van der Waals surface area contributed by atoms with Gasteiger partial charge < -0.3 is 0 Å². The Morgan fingerprint density at radius 2 is 2.08 bits per heavy atom. The van der Waals surface area contributed by atoms with E-state index in [0.717, 1.165) is 11.5 Å². The van der Waals surface area contributed by atoms with Crippen molar-refractivity contribution in [2.75, 3.05) is 0 Å². The molecule has 3 nitrogen and oxygen atoms in total. The van der Waals surface area contributed by atoms with Gasteiger partial charge in [-0.25, -0.2) is 9.97 Å². The smallest absolute Gasteiger partial charge is 0.233 e. The zero-order chi connectivity index (χ0) is 9.42. The third-order valence-corrected chi connectivity index (χ3v) is 2.12. The molecule has 0 unspecified atom stereocenters. The van der Waals surface area contributed by atoms with Gasteiger partial charge in [0.15, 0.2) is 0 Å². The first-order chi connectivity index (χ1) is 6.16. The number of rotatable bonds is 1. The van der Waals surface area contributed by atoms with Crippen LogP contribution in [0.3, 0.4) is 0 Å². The molecule has 13 heavy (non-hydrogen) atoms. The molecule has 0 fully saturated rings. The summed E-state index contributed by atoms with van der Waals surface area (Å²) < 4.78 is 1.98. The van der Waals surface area contributed by atoms with Crippen molar-refractivity contribution in [1.82, 2.24) is 14.4 Å². The molecule has 2 rings (SSSR count). The lowest BCUT2D eigenvalue weighted by atomic mass is 10.1. The first-order valence-corrected chi connectivity index (χ1v) is 4.48. The van der Waals surface area contributed by atoms with Gasteiger partial charge in [0.25, 0.3) is 0 Å². The van der Waals surface area contributed by atoms with E-state index < -0.39 is 0 Å². The van der Waals surface area contributed by atoms with Crippen molar-refractivity contribution in [1.29, 1.82) is 0 Å². The molecule has 0 amide bonds. The summed E-state index contributed by atoms with van der Waals surface area (Å²) in [5.41, 5.74) is 2.25. The molecule has 0 N–H and O–H groups in total. The molecule has 0 atom stereocenters. The quantitative estimate of drug-likeness (QED) is 0.664. The molecule has 0 aliphatic carbocycles. The number of hydrogen-bond donors (Lipinski definition) is 0. The van der Waals surface area contributed by atoms with Crippen molar-refractivity contribution in [3.05, 3.63) is 29.8 Å². The third-order valence-electron chi connectivity index (χ3n) is 2.12. The molecule has 0 spiro atoms. The molecule has 0 saturated heterocycles. The summed E-state index contributed by atoms with van der Waals surface area (Å²) in [6.07, 6.45) is 5.98. The van der Waals surface area contributed by atoms with Crippen molar-refractivity contribution in [2.45, 2.75) is 26.7 Å². The molecule has 2 aromatic heterocycles. The van der Waals surface area contributed by atoms with E-state index in [-0.39, 0.29) is 0 Å². The number of hydrogen-bond acceptors (Lipinski definition) is 2. The van der Waals surface area contributed by atoms with E-state index in [1.54, 1.807) is 0 Å². The van der Waals surface area contributed by atoms with Crippen LogP contribution in [0.5, 0.6) is 0 Å². The van der Waals surface area contributed by atoms with Crippen LogP contribution >= 0.6 is 0 Å². The molecule has 0 radical (unpaired) electrons. The fourth-order valence-electron chi connectivity index (χ4n) is 1.32. The fourth-order valence-corrected chi connectivity index (χ4v) is 1.32.